The molecule has 1 aromatic rings. The Morgan fingerprint density at radius 3 is 2.84 bits per heavy atom. The van der Waals surface area contributed by atoms with Crippen molar-refractivity contribution in [1.82, 2.24) is 0 Å². The van der Waals surface area contributed by atoms with Crippen LogP contribution >= 0.6 is 0 Å². The molecule has 0 aliphatic carbocycles. The summed E-state index contributed by atoms with van der Waals surface area (Å²) in [5.41, 5.74) is 0.638. The van der Waals surface area contributed by atoms with E-state index in [-0.39, 0.29) is 17.7 Å². The monoisotopic (exact) mass is 266 g/mol. The zero-order chi connectivity index (χ0) is 14.0. The van der Waals surface area contributed by atoms with Crippen LogP contribution in [0.4, 0.5) is 11.4 Å². The number of anilines is 1. The highest BCUT2D eigenvalue weighted by Crippen LogP contribution is 2.35. The van der Waals surface area contributed by atoms with Crippen molar-refractivity contribution < 1.29 is 14.8 Å². The number of hydrogen-bond donors (Lipinski definition) is 1. The summed E-state index contributed by atoms with van der Waals surface area (Å²) < 4.78 is 5.02. The molecule has 104 valence electrons. The minimum atomic E-state index is -0.395. The Bertz CT molecular complexity index is 476. The first kappa shape index (κ1) is 13.6. The third-order valence-corrected chi connectivity index (χ3v) is 3.63. The van der Waals surface area contributed by atoms with Crippen LogP contribution < -0.4 is 9.64 Å². The second kappa shape index (κ2) is 5.44. The van der Waals surface area contributed by atoms with Crippen LogP contribution in [0.3, 0.4) is 0 Å². The van der Waals surface area contributed by atoms with Gasteiger partial charge in [-0.1, -0.05) is 0 Å². The van der Waals surface area contributed by atoms with Crippen molar-refractivity contribution in [2.75, 3.05) is 25.1 Å². The molecule has 1 heterocycles. The van der Waals surface area contributed by atoms with E-state index < -0.39 is 4.92 Å². The molecule has 1 fully saturated rings. The van der Waals surface area contributed by atoms with Gasteiger partial charge in [0.25, 0.3) is 5.69 Å². The van der Waals surface area contributed by atoms with Crippen LogP contribution in [0, 0.1) is 16.0 Å². The molecule has 1 N–H and O–H groups in total. The smallest absolute Gasteiger partial charge is 0.296 e. The molecule has 0 amide bonds. The maximum Gasteiger partial charge on any atom is 0.296 e. The second-order valence-corrected chi connectivity index (χ2v) is 4.85. The van der Waals surface area contributed by atoms with Crippen LogP contribution in [0.2, 0.25) is 0 Å². The van der Waals surface area contributed by atoms with Gasteiger partial charge < -0.3 is 14.7 Å². The number of rotatable bonds is 4. The minimum absolute atomic E-state index is 0.0468. The topological polar surface area (TPSA) is 75.8 Å². The Morgan fingerprint density at radius 2 is 2.32 bits per heavy atom. The first-order valence-electron chi connectivity index (χ1n) is 6.28. The second-order valence-electron chi connectivity index (χ2n) is 4.85. The van der Waals surface area contributed by atoms with Crippen LogP contribution in [0.15, 0.2) is 18.2 Å². The third-order valence-electron chi connectivity index (χ3n) is 3.63. The van der Waals surface area contributed by atoms with E-state index in [0.717, 1.165) is 13.0 Å². The predicted molar refractivity (Wildman–Crippen MR) is 71.6 cm³/mol. The summed E-state index contributed by atoms with van der Waals surface area (Å²) >= 11 is 0. The number of benzene rings is 1. The molecule has 1 aromatic carbocycles. The number of ether oxygens (including phenoxy) is 1. The maximum absolute atomic E-state index is 11.1. The van der Waals surface area contributed by atoms with Crippen molar-refractivity contribution in [3.05, 3.63) is 28.3 Å². The Labute approximate surface area is 111 Å². The van der Waals surface area contributed by atoms with E-state index >= 15 is 0 Å². The lowest BCUT2D eigenvalue weighted by atomic mass is 10.0. The van der Waals surface area contributed by atoms with Crippen molar-refractivity contribution in [3.8, 4) is 5.75 Å². The molecule has 1 aliphatic heterocycles. The average Bonchev–Trinajstić information content (AvgIpc) is 2.87. The summed E-state index contributed by atoms with van der Waals surface area (Å²) in [6.45, 7) is 3.13. The first-order chi connectivity index (χ1) is 9.02. The fourth-order valence-electron chi connectivity index (χ4n) is 2.44. The van der Waals surface area contributed by atoms with Crippen molar-refractivity contribution in [2.24, 2.45) is 5.92 Å². The quantitative estimate of drug-likeness (QED) is 0.664. The lowest BCUT2D eigenvalue weighted by Gasteiger charge is -2.19. The Balaban J connectivity index is 2.27. The van der Waals surface area contributed by atoms with E-state index in [4.69, 9.17) is 4.74 Å². The van der Waals surface area contributed by atoms with Crippen molar-refractivity contribution >= 4 is 11.4 Å². The minimum Gasteiger partial charge on any atom is -0.496 e. The maximum atomic E-state index is 11.1. The van der Waals surface area contributed by atoms with E-state index in [9.17, 15) is 15.2 Å². The molecule has 2 atom stereocenters. The lowest BCUT2D eigenvalue weighted by Crippen LogP contribution is -2.24. The Hall–Kier alpha value is -1.82. The molecule has 2 rings (SSSR count). The summed E-state index contributed by atoms with van der Waals surface area (Å²) in [5, 5.41) is 20.7. The van der Waals surface area contributed by atoms with E-state index in [1.54, 1.807) is 19.1 Å². The van der Waals surface area contributed by atoms with Crippen LogP contribution in [0.1, 0.15) is 13.3 Å². The van der Waals surface area contributed by atoms with Crippen LogP contribution in [0.25, 0.3) is 0 Å². The molecular formula is C13H18N2O4. The van der Waals surface area contributed by atoms with Crippen LogP contribution in [0.5, 0.6) is 5.75 Å². The van der Waals surface area contributed by atoms with E-state index in [2.05, 4.69) is 0 Å². The number of aliphatic hydroxyl groups is 1. The molecule has 0 spiro atoms. The Kier molecular flexibility index (Phi) is 3.90. The van der Waals surface area contributed by atoms with Gasteiger partial charge in [-0.2, -0.15) is 0 Å². The van der Waals surface area contributed by atoms with Gasteiger partial charge in [-0.15, -0.1) is 0 Å². The number of nitrogens with zero attached hydrogens (tertiary/aromatic N) is 2. The zero-order valence-electron chi connectivity index (χ0n) is 11.1. The number of methoxy groups -OCH3 is 1. The highest BCUT2D eigenvalue weighted by atomic mass is 16.6. The third kappa shape index (κ3) is 2.78. The Morgan fingerprint density at radius 1 is 1.58 bits per heavy atom. The molecule has 6 nitrogen and oxygen atoms in total. The normalized spacial score (nSPS) is 20.4. The summed E-state index contributed by atoms with van der Waals surface area (Å²) in [5.74, 6) is 0.642. The SMILES string of the molecule is COc1ccc(N2CCC(C(C)O)C2)c([N+](=O)[O-])c1. The lowest BCUT2D eigenvalue weighted by molar-refractivity contribution is -0.384. The molecule has 0 saturated carbocycles. The standard InChI is InChI=1S/C13H18N2O4/c1-9(16)10-5-6-14(8-10)12-4-3-11(19-2)7-13(12)15(17)18/h3-4,7,9-10,16H,5-6,8H2,1-2H3. The molecule has 0 aromatic heterocycles. The fraction of sp³-hybridized carbons (Fsp3) is 0.538. The highest BCUT2D eigenvalue weighted by molar-refractivity contribution is 5.66. The van der Waals surface area contributed by atoms with Gasteiger partial charge in [0.05, 0.1) is 24.2 Å². The van der Waals surface area contributed by atoms with Gasteiger partial charge in [0.2, 0.25) is 0 Å². The van der Waals surface area contributed by atoms with Gasteiger partial charge in [0.1, 0.15) is 11.4 Å². The van der Waals surface area contributed by atoms with Crippen molar-refractivity contribution in [2.45, 2.75) is 19.4 Å². The molecule has 1 aliphatic rings. The molecular weight excluding hydrogens is 248 g/mol. The predicted octanol–water partition coefficient (Wildman–Crippen LogP) is 1.81. The van der Waals surface area contributed by atoms with Crippen LogP contribution in [-0.2, 0) is 0 Å². The molecule has 0 bridgehead atoms. The number of nitro groups is 1. The van der Waals surface area contributed by atoms with Gasteiger partial charge in [0, 0.05) is 19.0 Å². The molecule has 2 unspecified atom stereocenters. The van der Waals surface area contributed by atoms with Gasteiger partial charge in [-0.05, 0) is 25.5 Å². The average molecular weight is 266 g/mol. The summed E-state index contributed by atoms with van der Waals surface area (Å²) in [4.78, 5) is 12.7. The van der Waals surface area contributed by atoms with Gasteiger partial charge in [-0.25, -0.2) is 0 Å². The number of hydrogen-bond acceptors (Lipinski definition) is 5. The molecule has 19 heavy (non-hydrogen) atoms. The van der Waals surface area contributed by atoms with Gasteiger partial charge in [-0.3, -0.25) is 10.1 Å². The largest absolute Gasteiger partial charge is 0.496 e. The molecule has 1 saturated heterocycles. The summed E-state index contributed by atoms with van der Waals surface area (Å²) in [7, 11) is 1.48. The van der Waals surface area contributed by atoms with Gasteiger partial charge in [0.15, 0.2) is 0 Å². The number of aliphatic hydroxyl groups excluding tert-OH is 1. The highest BCUT2D eigenvalue weighted by Gasteiger charge is 2.30. The van der Waals surface area contributed by atoms with E-state index in [0.29, 0.717) is 18.0 Å². The fourth-order valence-corrected chi connectivity index (χ4v) is 2.44. The van der Waals surface area contributed by atoms with E-state index in [1.165, 1.54) is 13.2 Å². The summed E-state index contributed by atoms with van der Waals surface area (Å²) in [6.07, 6.45) is 0.461. The van der Waals surface area contributed by atoms with Crippen molar-refractivity contribution in [1.29, 1.82) is 0 Å². The van der Waals surface area contributed by atoms with Crippen molar-refractivity contribution in [3.63, 3.8) is 0 Å². The molecule has 6 heteroatoms. The molecule has 0 radical (unpaired) electrons. The zero-order valence-corrected chi connectivity index (χ0v) is 11.1. The van der Waals surface area contributed by atoms with E-state index in [1.807, 2.05) is 4.90 Å². The summed E-state index contributed by atoms with van der Waals surface area (Å²) in [6, 6.07) is 4.87. The number of nitro benzene ring substituents is 1. The van der Waals surface area contributed by atoms with Crippen LogP contribution in [-0.4, -0.2) is 36.3 Å². The van der Waals surface area contributed by atoms with Gasteiger partial charge >= 0.3 is 0 Å². The first-order valence-corrected chi connectivity index (χ1v) is 6.28.